The predicted octanol–water partition coefficient (Wildman–Crippen LogP) is 4.97. The molecule has 1 heterocycles. The van der Waals surface area contributed by atoms with E-state index < -0.39 is 0 Å². The summed E-state index contributed by atoms with van der Waals surface area (Å²) in [7, 11) is 0. The molecule has 2 amide bonds. The van der Waals surface area contributed by atoms with Gasteiger partial charge < -0.3 is 15.5 Å². The maximum atomic E-state index is 12.4. The Morgan fingerprint density at radius 1 is 0.938 bits per heavy atom. The molecule has 8 heteroatoms. The van der Waals surface area contributed by atoms with Crippen LogP contribution in [0.3, 0.4) is 0 Å². The lowest BCUT2D eigenvalue weighted by molar-refractivity contribution is -0.116. The third-order valence-electron chi connectivity index (χ3n) is 5.01. The lowest BCUT2D eigenvalue weighted by Crippen LogP contribution is -2.31. The van der Waals surface area contributed by atoms with Gasteiger partial charge in [-0.05, 0) is 23.1 Å². The summed E-state index contributed by atoms with van der Waals surface area (Å²) in [4.78, 5) is 30.6. The van der Waals surface area contributed by atoms with Gasteiger partial charge in [-0.3, -0.25) is 9.59 Å². The number of nitrogens with zero attached hydrogens (tertiary/aromatic N) is 2. The highest BCUT2D eigenvalue weighted by atomic mass is 35.5. The first-order chi connectivity index (χ1) is 15.5. The smallest absolute Gasteiger partial charge is 0.225 e. The van der Waals surface area contributed by atoms with Crippen LogP contribution in [0.5, 0.6) is 0 Å². The molecule has 32 heavy (non-hydrogen) atoms. The van der Waals surface area contributed by atoms with E-state index in [1.54, 1.807) is 6.20 Å². The predicted molar refractivity (Wildman–Crippen MR) is 133 cm³/mol. The summed E-state index contributed by atoms with van der Waals surface area (Å²) in [5, 5.41) is 7.71. The molecule has 0 unspecified atom stereocenters. The minimum Gasteiger partial charge on any atom is -0.326 e. The normalized spacial score (nSPS) is 11.0. The van der Waals surface area contributed by atoms with Gasteiger partial charge in [-0.1, -0.05) is 36.4 Å². The minimum absolute atomic E-state index is 0.0716. The first-order valence-corrected chi connectivity index (χ1v) is 11.5. The van der Waals surface area contributed by atoms with Gasteiger partial charge in [0, 0.05) is 67.6 Å². The number of rotatable bonds is 10. The van der Waals surface area contributed by atoms with E-state index in [0.717, 1.165) is 21.9 Å². The van der Waals surface area contributed by atoms with Crippen LogP contribution in [0.4, 0.5) is 11.5 Å². The maximum absolute atomic E-state index is 12.4. The van der Waals surface area contributed by atoms with Crippen molar-refractivity contribution >= 4 is 57.3 Å². The van der Waals surface area contributed by atoms with Gasteiger partial charge in [-0.15, -0.1) is 23.2 Å². The summed E-state index contributed by atoms with van der Waals surface area (Å²) >= 11 is 11.6. The number of carbonyl (C=O) groups is 2. The molecular formula is C24H26Cl2N4O2. The Morgan fingerprint density at radius 2 is 1.62 bits per heavy atom. The fourth-order valence-corrected chi connectivity index (χ4v) is 3.97. The fraction of sp³-hybridized carbons (Fsp3) is 0.292. The molecule has 0 aliphatic rings. The zero-order valence-electron chi connectivity index (χ0n) is 17.9. The number of aromatic nitrogens is 1. The number of carbonyl (C=O) groups excluding carboxylic acids is 2. The van der Waals surface area contributed by atoms with Crippen LogP contribution in [0.25, 0.3) is 21.9 Å². The van der Waals surface area contributed by atoms with Crippen molar-refractivity contribution in [2.24, 2.45) is 0 Å². The van der Waals surface area contributed by atoms with Crippen LogP contribution in [0.2, 0.25) is 0 Å². The standard InChI is InChI=1S/C24H26Cl2N4O2/c1-17(31)28-24-23(21-5-3-2-4-19(21)16-27-24)18-6-8-20(9-7-18)29-22(32)10-13-30(14-11-25)15-12-26/h2-9,16H,10-15H2,1H3,(H,29,32)(H,27,28,31). The van der Waals surface area contributed by atoms with Crippen LogP contribution < -0.4 is 10.6 Å². The SMILES string of the molecule is CC(=O)Nc1ncc2ccccc2c1-c1ccc(NC(=O)CCN(CCCl)CCCl)cc1. The number of halogens is 2. The summed E-state index contributed by atoms with van der Waals surface area (Å²) in [5.74, 6) is 1.26. The van der Waals surface area contributed by atoms with Crippen molar-refractivity contribution in [3.05, 3.63) is 54.7 Å². The second-order valence-electron chi connectivity index (χ2n) is 7.35. The summed E-state index contributed by atoms with van der Waals surface area (Å²) in [6.45, 7) is 3.46. The van der Waals surface area contributed by atoms with Crippen LogP contribution >= 0.6 is 23.2 Å². The van der Waals surface area contributed by atoms with Crippen LogP contribution in [-0.4, -0.2) is 53.1 Å². The molecule has 3 rings (SSSR count). The van der Waals surface area contributed by atoms with E-state index >= 15 is 0 Å². The number of hydrogen-bond acceptors (Lipinski definition) is 4. The molecule has 0 spiro atoms. The van der Waals surface area contributed by atoms with E-state index in [1.165, 1.54) is 6.92 Å². The molecule has 0 atom stereocenters. The van der Waals surface area contributed by atoms with Crippen LogP contribution in [0.15, 0.2) is 54.7 Å². The van der Waals surface area contributed by atoms with Crippen molar-refractivity contribution in [3.63, 3.8) is 0 Å². The van der Waals surface area contributed by atoms with Gasteiger partial charge in [0.15, 0.2) is 0 Å². The van der Waals surface area contributed by atoms with E-state index in [2.05, 4.69) is 20.5 Å². The van der Waals surface area contributed by atoms with E-state index in [1.807, 2.05) is 48.5 Å². The zero-order valence-corrected chi connectivity index (χ0v) is 19.4. The zero-order chi connectivity index (χ0) is 22.9. The number of alkyl halides is 2. The molecule has 0 bridgehead atoms. The highest BCUT2D eigenvalue weighted by Gasteiger charge is 2.13. The monoisotopic (exact) mass is 472 g/mol. The van der Waals surface area contributed by atoms with Gasteiger partial charge in [0.2, 0.25) is 11.8 Å². The molecule has 2 N–H and O–H groups in total. The third-order valence-corrected chi connectivity index (χ3v) is 5.35. The number of nitrogens with one attached hydrogen (secondary N) is 2. The summed E-state index contributed by atoms with van der Waals surface area (Å²) in [6, 6.07) is 15.4. The number of anilines is 2. The molecule has 2 aromatic carbocycles. The Kier molecular flexibility index (Phi) is 8.85. The van der Waals surface area contributed by atoms with Gasteiger partial charge in [-0.25, -0.2) is 4.98 Å². The van der Waals surface area contributed by atoms with E-state index in [9.17, 15) is 9.59 Å². The molecule has 0 fully saturated rings. The summed E-state index contributed by atoms with van der Waals surface area (Å²) in [6.07, 6.45) is 2.10. The Balaban J connectivity index is 1.76. The Hall–Kier alpha value is -2.67. The molecule has 6 nitrogen and oxygen atoms in total. The second-order valence-corrected chi connectivity index (χ2v) is 8.10. The minimum atomic E-state index is -0.185. The number of hydrogen-bond donors (Lipinski definition) is 2. The molecule has 3 aromatic rings. The average molecular weight is 473 g/mol. The summed E-state index contributed by atoms with van der Waals surface area (Å²) < 4.78 is 0. The van der Waals surface area contributed by atoms with Crippen molar-refractivity contribution in [3.8, 4) is 11.1 Å². The van der Waals surface area contributed by atoms with Crippen LogP contribution in [0, 0.1) is 0 Å². The van der Waals surface area contributed by atoms with Gasteiger partial charge in [0.05, 0.1) is 0 Å². The Bertz CT molecular complexity index is 1070. The van der Waals surface area contributed by atoms with Crippen molar-refractivity contribution in [2.45, 2.75) is 13.3 Å². The van der Waals surface area contributed by atoms with Gasteiger partial charge in [-0.2, -0.15) is 0 Å². The van der Waals surface area contributed by atoms with E-state index in [-0.39, 0.29) is 11.8 Å². The molecule has 0 saturated carbocycles. The number of amides is 2. The van der Waals surface area contributed by atoms with E-state index in [4.69, 9.17) is 23.2 Å². The molecule has 1 aromatic heterocycles. The molecule has 0 saturated heterocycles. The quantitative estimate of drug-likeness (QED) is 0.408. The maximum Gasteiger partial charge on any atom is 0.225 e. The lowest BCUT2D eigenvalue weighted by atomic mass is 9.99. The third kappa shape index (κ3) is 6.42. The second kappa shape index (κ2) is 11.8. The average Bonchev–Trinajstić information content (AvgIpc) is 2.78. The Labute approximate surface area is 197 Å². The molecule has 0 radical (unpaired) electrons. The lowest BCUT2D eigenvalue weighted by Gasteiger charge is -2.19. The number of fused-ring (bicyclic) bond motifs is 1. The molecule has 0 aliphatic heterocycles. The van der Waals surface area contributed by atoms with Crippen molar-refractivity contribution in [2.75, 3.05) is 42.0 Å². The van der Waals surface area contributed by atoms with E-state index in [0.29, 0.717) is 49.3 Å². The topological polar surface area (TPSA) is 74.3 Å². The highest BCUT2D eigenvalue weighted by Crippen LogP contribution is 2.34. The summed E-state index contributed by atoms with van der Waals surface area (Å²) in [5.41, 5.74) is 2.44. The molecular weight excluding hydrogens is 447 g/mol. The van der Waals surface area contributed by atoms with Gasteiger partial charge >= 0.3 is 0 Å². The fourth-order valence-electron chi connectivity index (χ4n) is 3.50. The largest absolute Gasteiger partial charge is 0.326 e. The molecule has 168 valence electrons. The highest BCUT2D eigenvalue weighted by molar-refractivity contribution is 6.18. The van der Waals surface area contributed by atoms with Crippen molar-refractivity contribution in [1.29, 1.82) is 0 Å². The molecule has 0 aliphatic carbocycles. The van der Waals surface area contributed by atoms with Crippen LogP contribution in [0.1, 0.15) is 13.3 Å². The van der Waals surface area contributed by atoms with Gasteiger partial charge in [0.1, 0.15) is 5.82 Å². The van der Waals surface area contributed by atoms with Gasteiger partial charge in [0.25, 0.3) is 0 Å². The number of benzene rings is 2. The van der Waals surface area contributed by atoms with Crippen molar-refractivity contribution in [1.82, 2.24) is 9.88 Å². The first kappa shape index (κ1) is 24.0. The number of pyridine rings is 1. The Morgan fingerprint density at radius 3 is 2.28 bits per heavy atom. The van der Waals surface area contributed by atoms with Crippen molar-refractivity contribution < 1.29 is 9.59 Å². The van der Waals surface area contributed by atoms with Crippen LogP contribution in [-0.2, 0) is 9.59 Å². The first-order valence-electron chi connectivity index (χ1n) is 10.4.